The minimum atomic E-state index is -5.04. The van der Waals surface area contributed by atoms with Crippen LogP contribution >= 0.6 is 60.4 Å². The molecule has 0 aromatic heterocycles. The first kappa shape index (κ1) is 47.2. The van der Waals surface area contributed by atoms with E-state index in [-0.39, 0.29) is 17.6 Å². The van der Waals surface area contributed by atoms with Gasteiger partial charge in [0.2, 0.25) is 0 Å². The number of carbonyl (C=O) groups excluding carboxylic acids is 2. The van der Waals surface area contributed by atoms with Crippen molar-refractivity contribution in [2.24, 2.45) is 17.6 Å². The summed E-state index contributed by atoms with van der Waals surface area (Å²) in [6, 6.07) is 14.0. The maximum absolute atomic E-state index is 11.8. The second-order valence-corrected chi connectivity index (χ2v) is 16.6. The second kappa shape index (κ2) is 24.0. The number of rotatable bonds is 9. The van der Waals surface area contributed by atoms with Crippen LogP contribution in [0.2, 0.25) is 0 Å². The quantitative estimate of drug-likeness (QED) is 0.0866. The third-order valence-electron chi connectivity index (χ3n) is 4.60. The fourth-order valence-corrected chi connectivity index (χ4v) is 5.89. The zero-order valence-corrected chi connectivity index (χ0v) is 32.1. The Balaban J connectivity index is -0.000000606. The Bertz CT molecular complexity index is 1230. The van der Waals surface area contributed by atoms with Gasteiger partial charge in [-0.05, 0) is 102 Å². The fraction of sp³-hybridized carbons (Fsp3) is 0.429. The molecule has 0 heterocycles. The predicted molar refractivity (Wildman–Crippen MR) is 195 cm³/mol. The number of halogens is 2. The van der Waals surface area contributed by atoms with Crippen LogP contribution in [0.1, 0.15) is 62.3 Å². The van der Waals surface area contributed by atoms with Crippen molar-refractivity contribution in [3.63, 3.8) is 0 Å². The third kappa shape index (κ3) is 23.2. The van der Waals surface area contributed by atoms with Gasteiger partial charge in [0.15, 0.2) is 5.40 Å². The van der Waals surface area contributed by atoms with Crippen LogP contribution in [-0.2, 0) is 9.13 Å². The first-order chi connectivity index (χ1) is 19.6. The lowest BCUT2D eigenvalue weighted by Crippen LogP contribution is -2.32. The van der Waals surface area contributed by atoms with Crippen LogP contribution in [0.25, 0.3) is 0 Å². The highest BCUT2D eigenvalue weighted by Gasteiger charge is 2.43. The van der Waals surface area contributed by atoms with E-state index >= 15 is 0 Å². The minimum Gasteiger partial charge on any atom is -0.352 e. The molecule has 2 aromatic carbocycles. The predicted octanol–water partition coefficient (Wildman–Crippen LogP) is 5.73. The van der Waals surface area contributed by atoms with Crippen molar-refractivity contribution in [3.05, 3.63) is 79.0 Å². The molecule has 0 bridgehead atoms. The van der Waals surface area contributed by atoms with Crippen LogP contribution in [0, 0.1) is 19.0 Å². The molecule has 0 aliphatic carbocycles. The molecule has 0 saturated carbocycles. The van der Waals surface area contributed by atoms with E-state index in [2.05, 4.69) is 67.5 Å². The van der Waals surface area contributed by atoms with Crippen molar-refractivity contribution in [1.82, 2.24) is 16.8 Å². The van der Waals surface area contributed by atoms with E-state index in [0.717, 1.165) is 22.2 Å². The number of nitrogens with one attached hydrogen (secondary N) is 2. The number of hydrogen-bond donors (Lipinski definition) is 8. The number of allylic oxidation sites excluding steroid dienone is 1. The first-order valence-corrected chi connectivity index (χ1v) is 18.6. The standard InChI is InChI=1S/C11H14INO.C9H12INO7P2.C4H11N.C4H8.H3N/c1-8(2)7-13-11(14)9-5-3-4-6-10(9)12;10-7-4-2-1-3-6(7)9(12)11-5-8(19(13,14)15)20(16,17)18;1-4(2)3-5;1-4(2)3;/h3-6,8H,7H2,1-2H3,(H,13,14);1-4,8H,5H2,(H,11,12)(H2,13,14,15)(H2,16,17,18);4H,3,5H2,1-2H3;1H2,2-3H3;1H3. The highest BCUT2D eigenvalue weighted by Crippen LogP contribution is 2.59. The van der Waals surface area contributed by atoms with Crippen molar-refractivity contribution in [2.45, 2.75) is 46.9 Å². The molecule has 2 rings (SSSR count). The average molecular weight is 884 g/mol. The molecule has 12 nitrogen and oxygen atoms in total. The molecular formula is C28H48I2N4O8P2. The zero-order chi connectivity index (χ0) is 34.0. The number of hydrogen-bond acceptors (Lipinski definition) is 6. The summed E-state index contributed by atoms with van der Waals surface area (Å²) in [5, 5.41) is 2.77. The van der Waals surface area contributed by atoms with Crippen LogP contribution in [0.15, 0.2) is 60.7 Å². The van der Waals surface area contributed by atoms with E-state index in [1.54, 1.807) is 18.2 Å². The summed E-state index contributed by atoms with van der Waals surface area (Å²) >= 11 is 4.07. The minimum absolute atomic E-state index is 0. The average Bonchev–Trinajstić information content (AvgIpc) is 2.86. The summed E-state index contributed by atoms with van der Waals surface area (Å²) in [6.45, 7) is 16.6. The molecule has 2 amide bonds. The Labute approximate surface area is 288 Å². The van der Waals surface area contributed by atoms with Gasteiger partial charge in [-0.2, -0.15) is 0 Å². The summed E-state index contributed by atoms with van der Waals surface area (Å²) in [5.74, 6) is 0.501. The van der Waals surface area contributed by atoms with Gasteiger partial charge in [-0.15, -0.1) is 6.58 Å². The van der Waals surface area contributed by atoms with Gasteiger partial charge >= 0.3 is 15.2 Å². The number of benzene rings is 2. The van der Waals surface area contributed by atoms with E-state index in [9.17, 15) is 18.7 Å². The van der Waals surface area contributed by atoms with Gasteiger partial charge in [-0.25, -0.2) is 0 Å². The van der Waals surface area contributed by atoms with Crippen molar-refractivity contribution in [2.75, 3.05) is 19.6 Å². The molecule has 0 spiro atoms. The molecule has 252 valence electrons. The highest BCUT2D eigenvalue weighted by atomic mass is 127. The Morgan fingerprint density at radius 2 is 1.07 bits per heavy atom. The van der Waals surface area contributed by atoms with Crippen molar-refractivity contribution < 1.29 is 38.3 Å². The summed E-state index contributed by atoms with van der Waals surface area (Å²) in [5.41, 5.74) is 7.35. The molecule has 0 radical (unpaired) electrons. The molecule has 0 unspecified atom stereocenters. The van der Waals surface area contributed by atoms with Crippen LogP contribution in [0.4, 0.5) is 0 Å². The second-order valence-electron chi connectivity index (χ2n) is 10.3. The molecule has 11 N–H and O–H groups in total. The molecule has 0 aliphatic heterocycles. The molecule has 16 heteroatoms. The topological polar surface area (TPSA) is 234 Å². The van der Waals surface area contributed by atoms with E-state index in [4.69, 9.17) is 25.3 Å². The van der Waals surface area contributed by atoms with Gasteiger partial charge in [0.05, 0.1) is 11.1 Å². The largest absolute Gasteiger partial charge is 0.352 e. The lowest BCUT2D eigenvalue weighted by atomic mass is 10.2. The van der Waals surface area contributed by atoms with Gasteiger partial charge in [0.25, 0.3) is 11.8 Å². The summed E-state index contributed by atoms with van der Waals surface area (Å²) in [6.07, 6.45) is 0. The van der Waals surface area contributed by atoms with E-state index in [1.807, 2.05) is 60.7 Å². The zero-order valence-electron chi connectivity index (χ0n) is 26.0. The molecule has 2 aromatic rings. The fourth-order valence-electron chi connectivity index (χ4n) is 2.40. The van der Waals surface area contributed by atoms with Crippen molar-refractivity contribution >= 4 is 72.2 Å². The van der Waals surface area contributed by atoms with E-state index < -0.39 is 33.0 Å². The monoisotopic (exact) mass is 884 g/mol. The van der Waals surface area contributed by atoms with Gasteiger partial charge in [0, 0.05) is 20.2 Å². The summed E-state index contributed by atoms with van der Waals surface area (Å²) in [7, 11) is -10.1. The Morgan fingerprint density at radius 1 is 0.773 bits per heavy atom. The molecule has 0 saturated heterocycles. The van der Waals surface area contributed by atoms with Crippen molar-refractivity contribution in [1.29, 1.82) is 0 Å². The van der Waals surface area contributed by atoms with Gasteiger partial charge in [-0.3, -0.25) is 18.7 Å². The van der Waals surface area contributed by atoms with Crippen LogP contribution in [-0.4, -0.2) is 56.4 Å². The van der Waals surface area contributed by atoms with E-state index in [0.29, 0.717) is 15.4 Å². The van der Waals surface area contributed by atoms with Crippen molar-refractivity contribution in [3.8, 4) is 0 Å². The Kier molecular flexibility index (Phi) is 25.8. The third-order valence-corrected chi connectivity index (χ3v) is 10.2. The Morgan fingerprint density at radius 3 is 1.32 bits per heavy atom. The molecule has 0 aliphatic rings. The number of amides is 2. The maximum Gasteiger partial charge on any atom is 0.342 e. The first-order valence-electron chi connectivity index (χ1n) is 13.1. The van der Waals surface area contributed by atoms with Gasteiger partial charge in [0.1, 0.15) is 0 Å². The van der Waals surface area contributed by atoms with Gasteiger partial charge < -0.3 is 42.1 Å². The summed E-state index contributed by atoms with van der Waals surface area (Å²) in [4.78, 5) is 59.1. The molecular weight excluding hydrogens is 836 g/mol. The van der Waals surface area contributed by atoms with Crippen LogP contribution < -0.4 is 22.5 Å². The highest BCUT2D eigenvalue weighted by molar-refractivity contribution is 14.1. The Hall–Kier alpha value is -1.20. The number of nitrogens with two attached hydrogens (primary N) is 1. The van der Waals surface area contributed by atoms with Gasteiger partial charge in [-0.1, -0.05) is 57.5 Å². The van der Waals surface area contributed by atoms with E-state index in [1.165, 1.54) is 11.6 Å². The molecule has 0 fully saturated rings. The normalized spacial score (nSPS) is 10.6. The lowest BCUT2D eigenvalue weighted by Gasteiger charge is -2.19. The smallest absolute Gasteiger partial charge is 0.342 e. The summed E-state index contributed by atoms with van der Waals surface area (Å²) < 4.78 is 23.7. The molecule has 0 atom stereocenters. The lowest BCUT2D eigenvalue weighted by molar-refractivity contribution is 0.0942. The number of carbonyl (C=O) groups is 2. The van der Waals surface area contributed by atoms with Crippen LogP contribution in [0.3, 0.4) is 0 Å². The maximum atomic E-state index is 11.8. The SMILES string of the molecule is C=C(C)C.CC(C)CN.CC(C)CNC(=O)c1ccccc1I.N.O=C(NCC(P(=O)(O)O)P(=O)(O)O)c1ccccc1I. The van der Waals surface area contributed by atoms with Crippen LogP contribution in [0.5, 0.6) is 0 Å². The molecule has 44 heavy (non-hydrogen) atoms.